The van der Waals surface area contributed by atoms with Gasteiger partial charge in [0.25, 0.3) is 0 Å². The zero-order chi connectivity index (χ0) is 42.3. The van der Waals surface area contributed by atoms with Crippen molar-refractivity contribution in [2.24, 2.45) is 0 Å². The maximum atomic E-state index is 12.9. The molecule has 2 heterocycles. The largest absolute Gasteiger partial charge is 0.463 e. The molecule has 0 radical (unpaired) electrons. The van der Waals surface area contributed by atoms with Gasteiger partial charge in [-0.15, -0.1) is 0 Å². The molecular formula is C43H51NO15. The van der Waals surface area contributed by atoms with E-state index >= 15 is 0 Å². The van der Waals surface area contributed by atoms with Crippen molar-refractivity contribution in [2.45, 2.75) is 116 Å². The smallest absolute Gasteiger partial charge is 0.303 e. The van der Waals surface area contributed by atoms with Crippen molar-refractivity contribution in [1.82, 2.24) is 5.32 Å². The SMILES string of the molecule is CC(=O)N[C@@H]1[C@@H](OCc2ccccc2)O[C@H](COCc2ccccc2)[C@@H](O[C@@H]2O[C@H](COC(C)=O)[C@H](OC(C)=O)[C@H](OC(C)=O)[C@H]2OC(C)=O)[C@@H]1OCc1ccccc1. The summed E-state index contributed by atoms with van der Waals surface area (Å²) in [6.07, 6.45) is -11.8. The third-order valence-electron chi connectivity index (χ3n) is 9.19. The summed E-state index contributed by atoms with van der Waals surface area (Å²) in [5.41, 5.74) is 2.52. The minimum Gasteiger partial charge on any atom is -0.463 e. The van der Waals surface area contributed by atoms with Crippen LogP contribution in [0.15, 0.2) is 91.0 Å². The van der Waals surface area contributed by atoms with Crippen molar-refractivity contribution in [3.63, 3.8) is 0 Å². The zero-order valence-electron chi connectivity index (χ0n) is 33.6. The van der Waals surface area contributed by atoms with E-state index in [1.165, 1.54) is 13.8 Å². The number of carbonyl (C=O) groups excluding carboxylic acids is 5. The maximum Gasteiger partial charge on any atom is 0.303 e. The average molecular weight is 822 g/mol. The van der Waals surface area contributed by atoms with Crippen LogP contribution in [0.1, 0.15) is 51.3 Å². The highest BCUT2D eigenvalue weighted by Crippen LogP contribution is 2.35. The van der Waals surface area contributed by atoms with Gasteiger partial charge in [-0.3, -0.25) is 24.0 Å². The van der Waals surface area contributed by atoms with Crippen LogP contribution in [0.4, 0.5) is 0 Å². The molecule has 0 bridgehead atoms. The first-order valence-corrected chi connectivity index (χ1v) is 19.2. The average Bonchev–Trinajstić information content (AvgIpc) is 3.19. The number of ether oxygens (including phenoxy) is 10. The molecule has 318 valence electrons. The third-order valence-corrected chi connectivity index (χ3v) is 9.19. The number of amides is 1. The van der Waals surface area contributed by atoms with E-state index in [2.05, 4.69) is 5.32 Å². The van der Waals surface area contributed by atoms with Gasteiger partial charge in [-0.05, 0) is 16.7 Å². The lowest BCUT2D eigenvalue weighted by molar-refractivity contribution is -0.354. The molecule has 5 rings (SSSR count). The minimum atomic E-state index is -1.61. The van der Waals surface area contributed by atoms with E-state index in [-0.39, 0.29) is 26.4 Å². The van der Waals surface area contributed by atoms with Crippen LogP contribution in [-0.4, -0.2) is 104 Å². The molecule has 10 atom stereocenters. The van der Waals surface area contributed by atoms with Gasteiger partial charge in [-0.2, -0.15) is 0 Å². The molecule has 3 aromatic rings. The van der Waals surface area contributed by atoms with Crippen molar-refractivity contribution in [1.29, 1.82) is 0 Å². The molecule has 16 nitrogen and oxygen atoms in total. The van der Waals surface area contributed by atoms with Crippen LogP contribution in [0.2, 0.25) is 0 Å². The Morgan fingerprint density at radius 2 is 0.983 bits per heavy atom. The molecule has 0 spiro atoms. The Labute approximate surface area is 342 Å². The summed E-state index contributed by atoms with van der Waals surface area (Å²) in [4.78, 5) is 62.5. The molecule has 1 N–H and O–H groups in total. The van der Waals surface area contributed by atoms with Gasteiger partial charge in [-0.25, -0.2) is 0 Å². The molecule has 1 amide bonds. The zero-order valence-corrected chi connectivity index (χ0v) is 33.6. The molecule has 0 saturated carbocycles. The fourth-order valence-electron chi connectivity index (χ4n) is 6.77. The number of hydrogen-bond donors (Lipinski definition) is 1. The number of benzene rings is 3. The first kappa shape index (κ1) is 44.9. The van der Waals surface area contributed by atoms with Crippen LogP contribution in [0.25, 0.3) is 0 Å². The van der Waals surface area contributed by atoms with Crippen LogP contribution in [0.3, 0.4) is 0 Å². The van der Waals surface area contributed by atoms with Crippen molar-refractivity contribution in [3.05, 3.63) is 108 Å². The second-order valence-corrected chi connectivity index (χ2v) is 14.0. The highest BCUT2D eigenvalue weighted by Gasteiger charge is 2.56. The van der Waals surface area contributed by atoms with Crippen LogP contribution in [-0.2, 0) is 91.2 Å². The van der Waals surface area contributed by atoms with Crippen LogP contribution in [0, 0.1) is 0 Å². The molecule has 0 aromatic heterocycles. The highest BCUT2D eigenvalue weighted by molar-refractivity contribution is 5.73. The summed E-state index contributed by atoms with van der Waals surface area (Å²) in [6, 6.07) is 27.1. The lowest BCUT2D eigenvalue weighted by Crippen LogP contribution is -2.69. The number of rotatable bonds is 18. The summed E-state index contributed by atoms with van der Waals surface area (Å²) in [5.74, 6) is -3.50. The van der Waals surface area contributed by atoms with Crippen LogP contribution >= 0.6 is 0 Å². The number of carbonyl (C=O) groups is 5. The van der Waals surface area contributed by atoms with E-state index < -0.39 is 97.7 Å². The predicted octanol–water partition coefficient (Wildman–Crippen LogP) is 3.70. The molecule has 2 aliphatic heterocycles. The molecule has 0 aliphatic carbocycles. The third kappa shape index (κ3) is 13.7. The van der Waals surface area contributed by atoms with Crippen LogP contribution < -0.4 is 5.32 Å². The van der Waals surface area contributed by atoms with Gasteiger partial charge in [0.2, 0.25) is 5.91 Å². The molecule has 3 aromatic carbocycles. The Morgan fingerprint density at radius 3 is 1.51 bits per heavy atom. The molecule has 0 unspecified atom stereocenters. The Kier molecular flexibility index (Phi) is 16.9. The molecule has 2 aliphatic rings. The lowest BCUT2D eigenvalue weighted by Gasteiger charge is -2.49. The monoisotopic (exact) mass is 821 g/mol. The molecule has 2 fully saturated rings. The summed E-state index contributed by atoms with van der Waals surface area (Å²) >= 11 is 0. The number of hydrogen-bond acceptors (Lipinski definition) is 15. The maximum absolute atomic E-state index is 12.9. The van der Waals surface area contributed by atoms with Crippen molar-refractivity contribution in [3.8, 4) is 0 Å². The van der Waals surface area contributed by atoms with Crippen molar-refractivity contribution < 1.29 is 71.3 Å². The van der Waals surface area contributed by atoms with Crippen LogP contribution in [0.5, 0.6) is 0 Å². The fraction of sp³-hybridized carbons (Fsp3) is 0.465. The molecular weight excluding hydrogens is 770 g/mol. The van der Waals surface area contributed by atoms with Gasteiger partial charge in [0.15, 0.2) is 30.9 Å². The van der Waals surface area contributed by atoms with Gasteiger partial charge >= 0.3 is 23.9 Å². The fourth-order valence-corrected chi connectivity index (χ4v) is 6.77. The van der Waals surface area contributed by atoms with Gasteiger partial charge < -0.3 is 52.7 Å². The standard InChI is InChI=1S/C43H51NO15/c1-26(45)44-36-39(52-22-32-17-11-7-12-18-32)37(34(24-50-21-31-15-9-6-10-16-31)57-42(36)53-23-33-19-13-8-14-20-33)59-43-41(56-30(5)49)40(55-29(4)48)38(54-28(3)47)35(58-43)25-51-27(2)46/h6-20,34-43H,21-25H2,1-5H3,(H,44,45)/t34-,35-,36+,37-,38+,39-,40+,41-,42+,43+/m1/s1. The van der Waals surface area contributed by atoms with E-state index in [0.29, 0.717) is 0 Å². The molecule has 59 heavy (non-hydrogen) atoms. The van der Waals surface area contributed by atoms with Gasteiger partial charge in [0.1, 0.15) is 37.1 Å². The summed E-state index contributed by atoms with van der Waals surface area (Å²) < 4.78 is 61.2. The van der Waals surface area contributed by atoms with Crippen molar-refractivity contribution in [2.75, 3.05) is 13.2 Å². The topological polar surface area (TPSA) is 190 Å². The van der Waals surface area contributed by atoms with Gasteiger partial charge in [0, 0.05) is 34.6 Å². The summed E-state index contributed by atoms with van der Waals surface area (Å²) in [5, 5.41) is 2.93. The lowest BCUT2D eigenvalue weighted by atomic mass is 9.94. The van der Waals surface area contributed by atoms with E-state index in [1.54, 1.807) is 0 Å². The van der Waals surface area contributed by atoms with E-state index in [9.17, 15) is 24.0 Å². The van der Waals surface area contributed by atoms with Gasteiger partial charge in [-0.1, -0.05) is 91.0 Å². The minimum absolute atomic E-state index is 0.0447. The van der Waals surface area contributed by atoms with E-state index in [0.717, 1.165) is 37.5 Å². The number of esters is 4. The Morgan fingerprint density at radius 1 is 0.508 bits per heavy atom. The normalized spacial score (nSPS) is 26.5. The Balaban J connectivity index is 1.58. The number of nitrogens with one attached hydrogen (secondary N) is 1. The molecule has 16 heteroatoms. The Bertz CT molecular complexity index is 1810. The first-order valence-electron chi connectivity index (χ1n) is 19.2. The first-order chi connectivity index (χ1) is 28.4. The van der Waals surface area contributed by atoms with E-state index in [1.807, 2.05) is 91.0 Å². The van der Waals surface area contributed by atoms with Crippen molar-refractivity contribution >= 4 is 29.8 Å². The second-order valence-electron chi connectivity index (χ2n) is 14.0. The predicted molar refractivity (Wildman–Crippen MR) is 205 cm³/mol. The quantitative estimate of drug-likeness (QED) is 0.144. The Hall–Kier alpha value is -5.23. The summed E-state index contributed by atoms with van der Waals surface area (Å²) in [7, 11) is 0. The second kappa shape index (κ2) is 22.2. The van der Waals surface area contributed by atoms with E-state index in [4.69, 9.17) is 47.4 Å². The molecule has 2 saturated heterocycles. The highest BCUT2D eigenvalue weighted by atomic mass is 16.8. The summed E-state index contributed by atoms with van der Waals surface area (Å²) in [6.45, 7) is 5.66. The van der Waals surface area contributed by atoms with Gasteiger partial charge in [0.05, 0.1) is 26.4 Å².